The summed E-state index contributed by atoms with van der Waals surface area (Å²) in [6.07, 6.45) is 0.162. The molecule has 1 aromatic rings. The molecule has 20 heavy (non-hydrogen) atoms. The van der Waals surface area contributed by atoms with E-state index in [2.05, 4.69) is 15.2 Å². The highest BCUT2D eigenvalue weighted by molar-refractivity contribution is 5.95. The largest absolute Gasteiger partial charge is 0.435 e. The van der Waals surface area contributed by atoms with Gasteiger partial charge in [-0.3, -0.25) is 4.79 Å². The molecule has 0 bridgehead atoms. The molecule has 0 heterocycles. The third-order valence-corrected chi connectivity index (χ3v) is 2.34. The second kappa shape index (κ2) is 7.27. The van der Waals surface area contributed by atoms with Crippen molar-refractivity contribution in [3.8, 4) is 5.75 Å². The number of nitrogens with two attached hydrogens (primary N) is 1. The molecule has 0 saturated heterocycles. The Labute approximate surface area is 114 Å². The van der Waals surface area contributed by atoms with Gasteiger partial charge in [-0.05, 0) is 25.1 Å². The van der Waals surface area contributed by atoms with Crippen LogP contribution in [0.15, 0.2) is 29.4 Å². The summed E-state index contributed by atoms with van der Waals surface area (Å²) in [7, 11) is 0. The first-order chi connectivity index (χ1) is 9.42. The monoisotopic (exact) mass is 287 g/mol. The summed E-state index contributed by atoms with van der Waals surface area (Å²) in [5.41, 5.74) is 5.49. The molecule has 0 saturated carbocycles. The highest BCUT2D eigenvalue weighted by atomic mass is 19.3. The Morgan fingerprint density at radius 3 is 2.85 bits per heavy atom. The quantitative estimate of drug-likeness (QED) is 0.320. The number of amidine groups is 1. The summed E-state index contributed by atoms with van der Waals surface area (Å²) >= 11 is 0. The summed E-state index contributed by atoms with van der Waals surface area (Å²) < 4.78 is 28.4. The lowest BCUT2D eigenvalue weighted by molar-refractivity contribution is -0.0498. The Hall–Kier alpha value is -2.38. The third-order valence-electron chi connectivity index (χ3n) is 2.34. The van der Waals surface area contributed by atoms with Crippen molar-refractivity contribution in [2.24, 2.45) is 10.9 Å². The van der Waals surface area contributed by atoms with E-state index in [4.69, 9.17) is 10.9 Å². The molecule has 4 N–H and O–H groups in total. The highest BCUT2D eigenvalue weighted by Crippen LogP contribution is 2.16. The molecule has 0 spiro atoms. The second-order valence-electron chi connectivity index (χ2n) is 4.08. The Morgan fingerprint density at radius 1 is 1.55 bits per heavy atom. The topological polar surface area (TPSA) is 96.9 Å². The highest BCUT2D eigenvalue weighted by Gasteiger charge is 2.13. The van der Waals surface area contributed by atoms with Crippen LogP contribution in [0.3, 0.4) is 0 Å². The van der Waals surface area contributed by atoms with Gasteiger partial charge in [0.25, 0.3) is 5.91 Å². The van der Waals surface area contributed by atoms with Gasteiger partial charge >= 0.3 is 6.61 Å². The van der Waals surface area contributed by atoms with Gasteiger partial charge in [0, 0.05) is 18.0 Å². The summed E-state index contributed by atoms with van der Waals surface area (Å²) in [6, 6.07) is 5.05. The average Bonchev–Trinajstić information content (AvgIpc) is 2.37. The van der Waals surface area contributed by atoms with Gasteiger partial charge in [0.15, 0.2) is 0 Å². The molecular formula is C12H15F2N3O3. The SMILES string of the molecule is CC(CC(N)=NO)NC(=O)c1cccc(OC(F)F)c1. The number of alkyl halides is 2. The lowest BCUT2D eigenvalue weighted by atomic mass is 10.1. The number of nitrogens with one attached hydrogen (secondary N) is 1. The van der Waals surface area contributed by atoms with E-state index in [9.17, 15) is 13.6 Å². The van der Waals surface area contributed by atoms with Crippen molar-refractivity contribution in [3.63, 3.8) is 0 Å². The van der Waals surface area contributed by atoms with Crippen LogP contribution >= 0.6 is 0 Å². The van der Waals surface area contributed by atoms with Crippen molar-refractivity contribution < 1.29 is 23.5 Å². The van der Waals surface area contributed by atoms with E-state index in [1.807, 2.05) is 0 Å². The van der Waals surface area contributed by atoms with E-state index in [-0.39, 0.29) is 29.6 Å². The van der Waals surface area contributed by atoms with Gasteiger partial charge in [0.05, 0.1) is 0 Å². The van der Waals surface area contributed by atoms with Gasteiger partial charge in [-0.15, -0.1) is 0 Å². The molecule has 1 rings (SSSR count). The predicted octanol–water partition coefficient (Wildman–Crippen LogP) is 1.54. The van der Waals surface area contributed by atoms with Gasteiger partial charge in [-0.1, -0.05) is 11.2 Å². The Kier molecular flexibility index (Phi) is 5.70. The molecule has 1 amide bonds. The van der Waals surface area contributed by atoms with Crippen LogP contribution in [-0.2, 0) is 0 Å². The van der Waals surface area contributed by atoms with Crippen molar-refractivity contribution >= 4 is 11.7 Å². The smallest absolute Gasteiger partial charge is 0.387 e. The number of halogens is 2. The van der Waals surface area contributed by atoms with Crippen molar-refractivity contribution in [2.75, 3.05) is 0 Å². The summed E-state index contributed by atoms with van der Waals surface area (Å²) in [5.74, 6) is -0.590. The second-order valence-corrected chi connectivity index (χ2v) is 4.08. The number of carbonyl (C=O) groups is 1. The standard InChI is InChI=1S/C12H15F2N3O3/c1-7(5-10(15)17-19)16-11(18)8-3-2-4-9(6-8)20-12(13)14/h2-4,6-7,12,19H,5H2,1H3,(H2,15,17)(H,16,18). The third kappa shape index (κ3) is 5.09. The van der Waals surface area contributed by atoms with Gasteiger partial charge in [0.1, 0.15) is 11.6 Å². The lowest BCUT2D eigenvalue weighted by Crippen LogP contribution is -2.35. The van der Waals surface area contributed by atoms with Crippen LogP contribution in [-0.4, -0.2) is 29.6 Å². The Bertz CT molecular complexity index is 495. The molecule has 8 heteroatoms. The van der Waals surface area contributed by atoms with E-state index in [0.717, 1.165) is 0 Å². The van der Waals surface area contributed by atoms with Gasteiger partial charge in [-0.25, -0.2) is 0 Å². The van der Waals surface area contributed by atoms with E-state index < -0.39 is 12.5 Å². The number of ether oxygens (including phenoxy) is 1. The maximum absolute atomic E-state index is 12.1. The van der Waals surface area contributed by atoms with Gasteiger partial charge in [0.2, 0.25) is 0 Å². The number of nitrogens with zero attached hydrogens (tertiary/aromatic N) is 1. The molecule has 0 aliphatic rings. The van der Waals surface area contributed by atoms with Crippen LogP contribution in [0.1, 0.15) is 23.7 Å². The minimum absolute atomic E-state index is 0.0208. The zero-order valence-electron chi connectivity index (χ0n) is 10.7. The predicted molar refractivity (Wildman–Crippen MR) is 68.0 cm³/mol. The van der Waals surface area contributed by atoms with Crippen LogP contribution < -0.4 is 15.8 Å². The van der Waals surface area contributed by atoms with Crippen molar-refractivity contribution in [1.82, 2.24) is 5.32 Å². The number of rotatable bonds is 6. The lowest BCUT2D eigenvalue weighted by Gasteiger charge is -2.13. The van der Waals surface area contributed by atoms with E-state index in [0.29, 0.717) is 0 Å². The molecule has 1 aromatic carbocycles. The molecule has 0 radical (unpaired) electrons. The summed E-state index contributed by atoms with van der Waals surface area (Å²) in [6.45, 7) is -1.29. The van der Waals surface area contributed by atoms with Crippen LogP contribution in [0.4, 0.5) is 8.78 Å². The zero-order chi connectivity index (χ0) is 15.1. The maximum Gasteiger partial charge on any atom is 0.387 e. The zero-order valence-corrected chi connectivity index (χ0v) is 10.7. The molecule has 0 fully saturated rings. The van der Waals surface area contributed by atoms with E-state index in [1.54, 1.807) is 6.92 Å². The number of oxime groups is 1. The molecule has 0 aliphatic heterocycles. The maximum atomic E-state index is 12.1. The fraction of sp³-hybridized carbons (Fsp3) is 0.333. The number of carbonyl (C=O) groups excluding carboxylic acids is 1. The molecule has 1 unspecified atom stereocenters. The Balaban J connectivity index is 2.67. The van der Waals surface area contributed by atoms with Crippen LogP contribution in [0.25, 0.3) is 0 Å². The fourth-order valence-electron chi connectivity index (χ4n) is 1.53. The minimum Gasteiger partial charge on any atom is -0.435 e. The average molecular weight is 287 g/mol. The van der Waals surface area contributed by atoms with Crippen molar-refractivity contribution in [1.29, 1.82) is 0 Å². The first kappa shape index (κ1) is 15.7. The number of hydrogen-bond donors (Lipinski definition) is 3. The van der Waals surface area contributed by atoms with E-state index in [1.165, 1.54) is 24.3 Å². The Morgan fingerprint density at radius 2 is 2.25 bits per heavy atom. The number of amides is 1. The van der Waals surface area contributed by atoms with Crippen LogP contribution in [0.2, 0.25) is 0 Å². The van der Waals surface area contributed by atoms with Crippen molar-refractivity contribution in [2.45, 2.75) is 26.0 Å². The molecule has 110 valence electrons. The van der Waals surface area contributed by atoms with E-state index >= 15 is 0 Å². The first-order valence-corrected chi connectivity index (χ1v) is 5.74. The van der Waals surface area contributed by atoms with Crippen LogP contribution in [0.5, 0.6) is 5.75 Å². The molecule has 6 nitrogen and oxygen atoms in total. The molecule has 0 aromatic heterocycles. The van der Waals surface area contributed by atoms with Crippen molar-refractivity contribution in [3.05, 3.63) is 29.8 Å². The number of benzene rings is 1. The first-order valence-electron chi connectivity index (χ1n) is 5.74. The van der Waals surface area contributed by atoms with Crippen LogP contribution in [0, 0.1) is 0 Å². The molecule has 0 aliphatic carbocycles. The summed E-state index contributed by atoms with van der Waals surface area (Å²) in [5, 5.41) is 13.8. The van der Waals surface area contributed by atoms with Gasteiger partial charge < -0.3 is 21.0 Å². The normalized spacial score (nSPS) is 13.1. The minimum atomic E-state index is -2.95. The summed E-state index contributed by atoms with van der Waals surface area (Å²) in [4.78, 5) is 11.9. The number of hydrogen-bond acceptors (Lipinski definition) is 4. The molecule has 1 atom stereocenters. The molecular weight excluding hydrogens is 272 g/mol. The fourth-order valence-corrected chi connectivity index (χ4v) is 1.53. The van der Waals surface area contributed by atoms with Gasteiger partial charge in [-0.2, -0.15) is 8.78 Å².